The van der Waals surface area contributed by atoms with Gasteiger partial charge in [0.1, 0.15) is 0 Å². The molecule has 0 aliphatic rings. The molecular weight excluding hydrogens is 220 g/mol. The molecule has 0 aromatic carbocycles. The molecule has 0 bridgehead atoms. The highest BCUT2D eigenvalue weighted by atomic mass is 14.9. The van der Waals surface area contributed by atoms with Crippen LogP contribution in [0.1, 0.15) is 77.3 Å². The molecule has 0 aliphatic heterocycles. The Morgan fingerprint density at radius 1 is 1.00 bits per heavy atom. The van der Waals surface area contributed by atoms with Crippen molar-refractivity contribution < 1.29 is 0 Å². The van der Waals surface area contributed by atoms with Crippen LogP contribution in [-0.4, -0.2) is 9.97 Å². The van der Waals surface area contributed by atoms with Gasteiger partial charge in [-0.3, -0.25) is 0 Å². The first kappa shape index (κ1) is 15.3. The topological polar surface area (TPSA) is 28.7 Å². The van der Waals surface area contributed by atoms with E-state index in [1.54, 1.807) is 6.33 Å². The van der Waals surface area contributed by atoms with Crippen molar-refractivity contribution in [3.8, 4) is 0 Å². The van der Waals surface area contributed by atoms with Gasteiger partial charge >= 0.3 is 0 Å². The predicted molar refractivity (Wildman–Crippen MR) is 78.7 cm³/mol. The molecule has 1 N–H and O–H groups in total. The SMILES string of the molecule is CCCCCCC(CCCC)CCc1c[nH]cn1. The highest BCUT2D eigenvalue weighted by Crippen LogP contribution is 2.22. The van der Waals surface area contributed by atoms with Crippen LogP contribution in [-0.2, 0) is 6.42 Å². The molecule has 0 amide bonds. The zero-order valence-electron chi connectivity index (χ0n) is 12.3. The van der Waals surface area contributed by atoms with Crippen molar-refractivity contribution in [3.63, 3.8) is 0 Å². The van der Waals surface area contributed by atoms with E-state index in [0.717, 1.165) is 12.3 Å². The average Bonchev–Trinajstić information content (AvgIpc) is 2.90. The van der Waals surface area contributed by atoms with Gasteiger partial charge in [0.05, 0.1) is 12.0 Å². The van der Waals surface area contributed by atoms with Gasteiger partial charge in [0, 0.05) is 6.20 Å². The minimum atomic E-state index is 0.915. The van der Waals surface area contributed by atoms with Crippen LogP contribution in [0.15, 0.2) is 12.5 Å². The maximum absolute atomic E-state index is 4.32. The monoisotopic (exact) mass is 250 g/mol. The molecule has 2 heteroatoms. The van der Waals surface area contributed by atoms with Gasteiger partial charge in [-0.25, -0.2) is 4.98 Å². The molecule has 0 saturated heterocycles. The zero-order chi connectivity index (χ0) is 13.1. The van der Waals surface area contributed by atoms with Crippen molar-refractivity contribution in [1.82, 2.24) is 9.97 Å². The number of unbranched alkanes of at least 4 members (excludes halogenated alkanes) is 4. The van der Waals surface area contributed by atoms with Crippen LogP contribution >= 0.6 is 0 Å². The first-order chi connectivity index (χ1) is 8.86. The second kappa shape index (κ2) is 10.2. The van der Waals surface area contributed by atoms with Crippen LogP contribution < -0.4 is 0 Å². The Bertz CT molecular complexity index is 267. The molecule has 0 saturated carbocycles. The van der Waals surface area contributed by atoms with Crippen LogP contribution in [0.4, 0.5) is 0 Å². The number of aryl methyl sites for hydroxylation is 1. The Labute approximate surface area is 113 Å². The van der Waals surface area contributed by atoms with Gasteiger partial charge in [-0.05, 0) is 18.8 Å². The smallest absolute Gasteiger partial charge is 0.0923 e. The Kier molecular flexibility index (Phi) is 8.62. The van der Waals surface area contributed by atoms with E-state index in [9.17, 15) is 0 Å². The highest BCUT2D eigenvalue weighted by molar-refractivity contribution is 4.94. The maximum atomic E-state index is 4.32. The first-order valence-corrected chi connectivity index (χ1v) is 7.84. The lowest BCUT2D eigenvalue weighted by atomic mass is 9.90. The minimum absolute atomic E-state index is 0.915. The number of H-pyrrole nitrogens is 1. The fourth-order valence-corrected chi connectivity index (χ4v) is 2.57. The van der Waals surface area contributed by atoms with Gasteiger partial charge in [-0.15, -0.1) is 0 Å². The lowest BCUT2D eigenvalue weighted by Gasteiger charge is -2.15. The summed E-state index contributed by atoms with van der Waals surface area (Å²) in [6.45, 7) is 4.58. The van der Waals surface area contributed by atoms with Gasteiger partial charge in [0.25, 0.3) is 0 Å². The van der Waals surface area contributed by atoms with Gasteiger partial charge in [-0.1, -0.05) is 65.2 Å². The van der Waals surface area contributed by atoms with Gasteiger partial charge in [-0.2, -0.15) is 0 Å². The lowest BCUT2D eigenvalue weighted by molar-refractivity contribution is 0.387. The van der Waals surface area contributed by atoms with Crippen molar-refractivity contribution in [2.45, 2.75) is 78.1 Å². The fraction of sp³-hybridized carbons (Fsp3) is 0.812. The van der Waals surface area contributed by atoms with Gasteiger partial charge < -0.3 is 4.98 Å². The third kappa shape index (κ3) is 6.83. The molecule has 1 aromatic rings. The number of aromatic nitrogens is 2. The number of hydrogen-bond acceptors (Lipinski definition) is 1. The first-order valence-electron chi connectivity index (χ1n) is 7.84. The molecule has 1 rings (SSSR count). The molecule has 104 valence electrons. The van der Waals surface area contributed by atoms with Crippen molar-refractivity contribution >= 4 is 0 Å². The summed E-state index contributed by atoms with van der Waals surface area (Å²) in [6, 6.07) is 0. The molecule has 0 aliphatic carbocycles. The number of hydrogen-bond donors (Lipinski definition) is 1. The van der Waals surface area contributed by atoms with Crippen molar-refractivity contribution in [2.24, 2.45) is 5.92 Å². The zero-order valence-corrected chi connectivity index (χ0v) is 12.3. The second-order valence-electron chi connectivity index (χ2n) is 5.46. The number of nitrogens with one attached hydrogen (secondary N) is 1. The van der Waals surface area contributed by atoms with E-state index >= 15 is 0 Å². The third-order valence-electron chi connectivity index (χ3n) is 3.80. The molecule has 1 heterocycles. The molecule has 1 unspecified atom stereocenters. The van der Waals surface area contributed by atoms with E-state index < -0.39 is 0 Å². The summed E-state index contributed by atoms with van der Waals surface area (Å²) in [6.07, 6.45) is 17.4. The molecule has 0 fully saturated rings. The molecule has 0 spiro atoms. The third-order valence-corrected chi connectivity index (χ3v) is 3.80. The highest BCUT2D eigenvalue weighted by Gasteiger charge is 2.09. The van der Waals surface area contributed by atoms with E-state index in [2.05, 4.69) is 23.8 Å². The van der Waals surface area contributed by atoms with Gasteiger partial charge in [0.2, 0.25) is 0 Å². The largest absolute Gasteiger partial charge is 0.351 e. The molecule has 1 aromatic heterocycles. The second-order valence-corrected chi connectivity index (χ2v) is 5.46. The van der Waals surface area contributed by atoms with Crippen LogP contribution in [0, 0.1) is 5.92 Å². The normalized spacial score (nSPS) is 12.8. The average molecular weight is 250 g/mol. The minimum Gasteiger partial charge on any atom is -0.351 e. The van der Waals surface area contributed by atoms with Crippen molar-refractivity contribution in [1.29, 1.82) is 0 Å². The van der Waals surface area contributed by atoms with Gasteiger partial charge in [0.15, 0.2) is 0 Å². The number of imidazole rings is 1. The summed E-state index contributed by atoms with van der Waals surface area (Å²) < 4.78 is 0. The Morgan fingerprint density at radius 2 is 1.78 bits per heavy atom. The predicted octanol–water partition coefficient (Wildman–Crippen LogP) is 5.12. The Balaban J connectivity index is 2.21. The van der Waals surface area contributed by atoms with E-state index in [1.807, 2.05) is 6.20 Å². The fourth-order valence-electron chi connectivity index (χ4n) is 2.57. The van der Waals surface area contributed by atoms with Crippen LogP contribution in [0.5, 0.6) is 0 Å². The molecule has 1 atom stereocenters. The lowest BCUT2D eigenvalue weighted by Crippen LogP contribution is -2.03. The number of rotatable bonds is 11. The molecular formula is C16H30N2. The summed E-state index contributed by atoms with van der Waals surface area (Å²) in [5.74, 6) is 0.915. The van der Waals surface area contributed by atoms with Crippen LogP contribution in [0.2, 0.25) is 0 Å². The maximum Gasteiger partial charge on any atom is 0.0923 e. The quantitative estimate of drug-likeness (QED) is 0.543. The molecule has 0 radical (unpaired) electrons. The summed E-state index contributed by atoms with van der Waals surface area (Å²) in [7, 11) is 0. The summed E-state index contributed by atoms with van der Waals surface area (Å²) in [4.78, 5) is 7.37. The summed E-state index contributed by atoms with van der Waals surface area (Å²) >= 11 is 0. The standard InChI is InChI=1S/C16H30N2/c1-3-5-7-8-10-15(9-6-4-2)11-12-16-13-17-14-18-16/h13-15H,3-12H2,1-2H3,(H,17,18). The van der Waals surface area contributed by atoms with E-state index in [4.69, 9.17) is 0 Å². The van der Waals surface area contributed by atoms with Crippen LogP contribution in [0.3, 0.4) is 0 Å². The Morgan fingerprint density at radius 3 is 2.44 bits per heavy atom. The number of aromatic amines is 1. The van der Waals surface area contributed by atoms with Crippen LogP contribution in [0.25, 0.3) is 0 Å². The molecule has 18 heavy (non-hydrogen) atoms. The summed E-state index contributed by atoms with van der Waals surface area (Å²) in [5, 5.41) is 0. The van der Waals surface area contributed by atoms with Crippen molar-refractivity contribution in [2.75, 3.05) is 0 Å². The van der Waals surface area contributed by atoms with E-state index in [0.29, 0.717) is 0 Å². The Hall–Kier alpha value is -0.790. The summed E-state index contributed by atoms with van der Waals surface area (Å²) in [5.41, 5.74) is 1.23. The number of nitrogens with zero attached hydrogens (tertiary/aromatic N) is 1. The van der Waals surface area contributed by atoms with Crippen molar-refractivity contribution in [3.05, 3.63) is 18.2 Å². The van der Waals surface area contributed by atoms with E-state index in [-0.39, 0.29) is 0 Å². The molecule has 2 nitrogen and oxygen atoms in total. The van der Waals surface area contributed by atoms with E-state index in [1.165, 1.54) is 63.5 Å².